The van der Waals surface area contributed by atoms with Crippen molar-refractivity contribution in [3.05, 3.63) is 0 Å². The van der Waals surface area contributed by atoms with E-state index in [4.69, 9.17) is 10.5 Å². The van der Waals surface area contributed by atoms with Crippen molar-refractivity contribution in [2.24, 2.45) is 11.7 Å². The predicted molar refractivity (Wildman–Crippen MR) is 76.9 cm³/mol. The van der Waals surface area contributed by atoms with Gasteiger partial charge in [0.1, 0.15) is 0 Å². The Morgan fingerprint density at radius 3 is 2.63 bits per heavy atom. The molecule has 1 fully saturated rings. The van der Waals surface area contributed by atoms with E-state index in [1.165, 1.54) is 0 Å². The van der Waals surface area contributed by atoms with Crippen LogP contribution in [0.15, 0.2) is 0 Å². The molecule has 5 heteroatoms. The maximum Gasteiger partial charge on any atom is 0.237 e. The van der Waals surface area contributed by atoms with Gasteiger partial charge in [-0.15, -0.1) is 0 Å². The van der Waals surface area contributed by atoms with Crippen LogP contribution in [0.3, 0.4) is 0 Å². The lowest BCUT2D eigenvalue weighted by Gasteiger charge is -2.31. The highest BCUT2D eigenvalue weighted by Crippen LogP contribution is 2.16. The highest BCUT2D eigenvalue weighted by atomic mass is 16.5. The van der Waals surface area contributed by atoms with Crippen molar-refractivity contribution >= 4 is 5.91 Å². The van der Waals surface area contributed by atoms with Gasteiger partial charge in [-0.3, -0.25) is 4.79 Å². The second-order valence-corrected chi connectivity index (χ2v) is 5.79. The molecule has 1 unspecified atom stereocenters. The minimum absolute atomic E-state index is 0.270. The first-order valence-electron chi connectivity index (χ1n) is 7.29. The zero-order valence-corrected chi connectivity index (χ0v) is 12.6. The molecule has 0 aromatic heterocycles. The number of hydrogen-bond acceptors (Lipinski definition) is 4. The van der Waals surface area contributed by atoms with Gasteiger partial charge in [0.2, 0.25) is 5.91 Å². The van der Waals surface area contributed by atoms with Gasteiger partial charge in [0.05, 0.1) is 5.54 Å². The molecule has 0 bridgehead atoms. The Balaban J connectivity index is 2.34. The van der Waals surface area contributed by atoms with Crippen molar-refractivity contribution in [3.8, 4) is 0 Å². The lowest BCUT2D eigenvalue weighted by Crippen LogP contribution is -2.54. The normalized spacial score (nSPS) is 20.4. The number of carbonyl (C=O) groups is 1. The number of hydrogen-bond donors (Lipinski definition) is 2. The Morgan fingerprint density at radius 1 is 1.47 bits per heavy atom. The van der Waals surface area contributed by atoms with E-state index < -0.39 is 5.54 Å². The molecule has 0 spiro atoms. The number of ether oxygens (including phenoxy) is 1. The van der Waals surface area contributed by atoms with Crippen LogP contribution >= 0.6 is 0 Å². The number of carbonyl (C=O) groups excluding carboxylic acids is 1. The molecule has 1 amide bonds. The van der Waals surface area contributed by atoms with Crippen molar-refractivity contribution in [2.75, 3.05) is 39.9 Å². The lowest BCUT2D eigenvalue weighted by atomic mass is 9.95. The van der Waals surface area contributed by atoms with Crippen molar-refractivity contribution < 1.29 is 9.53 Å². The molecule has 0 saturated carbocycles. The van der Waals surface area contributed by atoms with Gasteiger partial charge in [-0.25, -0.2) is 0 Å². The number of rotatable bonds is 8. The van der Waals surface area contributed by atoms with Crippen molar-refractivity contribution in [1.82, 2.24) is 10.2 Å². The summed E-state index contributed by atoms with van der Waals surface area (Å²) in [5.74, 6) is 0.450. The van der Waals surface area contributed by atoms with Gasteiger partial charge >= 0.3 is 0 Å². The van der Waals surface area contributed by atoms with Crippen molar-refractivity contribution in [2.45, 2.75) is 38.6 Å². The number of primary amides is 1. The number of nitrogens with one attached hydrogen (secondary N) is 1. The van der Waals surface area contributed by atoms with Gasteiger partial charge < -0.3 is 20.7 Å². The second kappa shape index (κ2) is 7.82. The van der Waals surface area contributed by atoms with Crippen LogP contribution in [0.4, 0.5) is 0 Å². The van der Waals surface area contributed by atoms with E-state index in [1.54, 1.807) is 0 Å². The number of likely N-dealkylation sites (N-methyl/N-ethyl adjacent to an activating group) is 1. The second-order valence-electron chi connectivity index (χ2n) is 5.79. The fourth-order valence-electron chi connectivity index (χ4n) is 2.56. The van der Waals surface area contributed by atoms with Crippen LogP contribution in [0.2, 0.25) is 0 Å². The summed E-state index contributed by atoms with van der Waals surface area (Å²) in [5.41, 5.74) is 4.89. The minimum Gasteiger partial charge on any atom is -0.381 e. The Morgan fingerprint density at radius 2 is 2.11 bits per heavy atom. The molecule has 1 rings (SSSR count). The van der Waals surface area contributed by atoms with Crippen molar-refractivity contribution in [3.63, 3.8) is 0 Å². The lowest BCUT2D eigenvalue weighted by molar-refractivity contribution is -0.124. The van der Waals surface area contributed by atoms with Crippen LogP contribution < -0.4 is 11.1 Å². The zero-order valence-electron chi connectivity index (χ0n) is 12.6. The highest BCUT2D eigenvalue weighted by Gasteiger charge is 2.30. The van der Waals surface area contributed by atoms with Crippen molar-refractivity contribution in [1.29, 1.82) is 0 Å². The SMILES string of the molecule is CCNC(C)(CCN(C)CC1CCOCC1)C(N)=O. The maximum absolute atomic E-state index is 11.5. The first-order valence-corrected chi connectivity index (χ1v) is 7.29. The summed E-state index contributed by atoms with van der Waals surface area (Å²) in [6.07, 6.45) is 3.03. The van der Waals surface area contributed by atoms with Gasteiger partial charge in [-0.2, -0.15) is 0 Å². The number of nitrogens with zero attached hydrogens (tertiary/aromatic N) is 1. The Bertz CT molecular complexity index is 280. The highest BCUT2D eigenvalue weighted by molar-refractivity contribution is 5.84. The van der Waals surface area contributed by atoms with E-state index in [0.29, 0.717) is 0 Å². The Hall–Kier alpha value is -0.650. The molecule has 0 radical (unpaired) electrons. The number of amides is 1. The van der Waals surface area contributed by atoms with Crippen LogP contribution in [0, 0.1) is 5.92 Å². The standard InChI is InChI=1S/C14H29N3O2/c1-4-16-14(2,13(15)18)7-8-17(3)11-12-5-9-19-10-6-12/h12,16H,4-11H2,1-3H3,(H2,15,18). The molecule has 1 aliphatic rings. The smallest absolute Gasteiger partial charge is 0.237 e. The summed E-state index contributed by atoms with van der Waals surface area (Å²) < 4.78 is 5.37. The van der Waals surface area contributed by atoms with Gasteiger partial charge in [-0.05, 0) is 45.7 Å². The van der Waals surface area contributed by atoms with Gasteiger partial charge in [0.15, 0.2) is 0 Å². The fraction of sp³-hybridized carbons (Fsp3) is 0.929. The van der Waals surface area contributed by atoms with E-state index in [-0.39, 0.29) is 5.91 Å². The molecule has 1 atom stereocenters. The molecule has 0 aromatic rings. The molecule has 5 nitrogen and oxygen atoms in total. The summed E-state index contributed by atoms with van der Waals surface area (Å²) in [6.45, 7) is 8.36. The molecule has 1 saturated heterocycles. The summed E-state index contributed by atoms with van der Waals surface area (Å²) in [4.78, 5) is 13.8. The van der Waals surface area contributed by atoms with Crippen LogP contribution in [-0.4, -0.2) is 56.2 Å². The van der Waals surface area contributed by atoms with Gasteiger partial charge in [0, 0.05) is 26.3 Å². The monoisotopic (exact) mass is 271 g/mol. The van der Waals surface area contributed by atoms with Crippen LogP contribution in [0.1, 0.15) is 33.1 Å². The molecule has 3 N–H and O–H groups in total. The largest absolute Gasteiger partial charge is 0.381 e. The average molecular weight is 271 g/mol. The topological polar surface area (TPSA) is 67.6 Å². The first kappa shape index (κ1) is 16.4. The molecule has 0 aromatic carbocycles. The van der Waals surface area contributed by atoms with E-state index in [0.717, 1.165) is 58.0 Å². The molecule has 112 valence electrons. The number of nitrogens with two attached hydrogens (primary N) is 1. The summed E-state index contributed by atoms with van der Waals surface area (Å²) in [6, 6.07) is 0. The van der Waals surface area contributed by atoms with Gasteiger partial charge in [0.25, 0.3) is 0 Å². The third-order valence-electron chi connectivity index (χ3n) is 4.02. The summed E-state index contributed by atoms with van der Waals surface area (Å²) in [5, 5.41) is 3.20. The van der Waals surface area contributed by atoms with Gasteiger partial charge in [-0.1, -0.05) is 6.92 Å². The molecule has 19 heavy (non-hydrogen) atoms. The third kappa shape index (κ3) is 5.47. The molecular weight excluding hydrogens is 242 g/mol. The molecule has 1 heterocycles. The van der Waals surface area contributed by atoms with Crippen LogP contribution in [-0.2, 0) is 9.53 Å². The quantitative estimate of drug-likeness (QED) is 0.678. The average Bonchev–Trinajstić information content (AvgIpc) is 2.38. The fourth-order valence-corrected chi connectivity index (χ4v) is 2.56. The van der Waals surface area contributed by atoms with Crippen LogP contribution in [0.5, 0.6) is 0 Å². The predicted octanol–water partition coefficient (Wildman–Crippen LogP) is 0.588. The van der Waals surface area contributed by atoms with E-state index in [1.807, 2.05) is 13.8 Å². The Kier molecular flexibility index (Phi) is 6.75. The minimum atomic E-state index is -0.599. The van der Waals surface area contributed by atoms with E-state index >= 15 is 0 Å². The zero-order chi connectivity index (χ0) is 14.3. The Labute approximate surface area is 116 Å². The molecule has 1 aliphatic heterocycles. The third-order valence-corrected chi connectivity index (χ3v) is 4.02. The molecule has 0 aliphatic carbocycles. The first-order chi connectivity index (χ1) is 8.98. The maximum atomic E-state index is 11.5. The molecular formula is C14H29N3O2. The van der Waals surface area contributed by atoms with Crippen LogP contribution in [0.25, 0.3) is 0 Å². The summed E-state index contributed by atoms with van der Waals surface area (Å²) >= 11 is 0. The van der Waals surface area contributed by atoms with E-state index in [9.17, 15) is 4.79 Å². The summed E-state index contributed by atoms with van der Waals surface area (Å²) in [7, 11) is 2.11. The van der Waals surface area contributed by atoms with E-state index in [2.05, 4.69) is 17.3 Å².